The van der Waals surface area contributed by atoms with Crippen LogP contribution in [0.3, 0.4) is 0 Å². The van der Waals surface area contributed by atoms with E-state index < -0.39 is 25.0 Å². The molecular weight excluding hydrogens is 358 g/mol. The van der Waals surface area contributed by atoms with E-state index in [9.17, 15) is 15.0 Å². The van der Waals surface area contributed by atoms with Gasteiger partial charge in [-0.2, -0.15) is 0 Å². The van der Waals surface area contributed by atoms with Crippen molar-refractivity contribution in [1.29, 1.82) is 0 Å². The number of hydrogen-bond acceptors (Lipinski definition) is 4. The number of aliphatic hydroxyl groups excluding tert-OH is 3. The molecule has 6 heteroatoms. The van der Waals surface area contributed by atoms with Gasteiger partial charge in [0.15, 0.2) is 6.23 Å². The number of unbranched alkanes of at least 4 members (excludes halogenated alkanes) is 12. The van der Waals surface area contributed by atoms with Crippen molar-refractivity contribution in [3.63, 3.8) is 0 Å². The van der Waals surface area contributed by atoms with E-state index >= 15 is 0 Å². The lowest BCUT2D eigenvalue weighted by Crippen LogP contribution is -2.48. The number of carbonyl (C=O) groups is 1. The van der Waals surface area contributed by atoms with Gasteiger partial charge in [0.05, 0.1) is 6.61 Å². The molecule has 0 aromatic heterocycles. The Kier molecular flexibility index (Phi) is 18.5. The predicted octanol–water partition coefficient (Wildman–Crippen LogP) is 4.68. The van der Waals surface area contributed by atoms with Crippen molar-refractivity contribution in [3.05, 3.63) is 12.2 Å². The number of aliphatic hydroxyl groups is 3. The topological polar surface area (TPSA) is 101 Å². The molecule has 2 atom stereocenters. The van der Waals surface area contributed by atoms with Crippen LogP contribution in [-0.2, 0) is 0 Å². The van der Waals surface area contributed by atoms with Crippen molar-refractivity contribution in [2.24, 2.45) is 0 Å². The number of allylic oxidation sites excluding steroid dienone is 2. The zero-order valence-corrected chi connectivity index (χ0v) is 17.8. The minimum atomic E-state index is -1.58. The molecule has 0 aliphatic carbocycles. The molecule has 0 rings (SSSR count). The third kappa shape index (κ3) is 14.9. The fourth-order valence-corrected chi connectivity index (χ4v) is 3.17. The number of rotatable bonds is 19. The van der Waals surface area contributed by atoms with Crippen LogP contribution in [-0.4, -0.2) is 56.9 Å². The van der Waals surface area contributed by atoms with Gasteiger partial charge in [-0.25, -0.2) is 4.79 Å². The Balaban J connectivity index is 3.53. The highest BCUT2D eigenvalue weighted by atomic mass is 16.4. The van der Waals surface area contributed by atoms with Crippen LogP contribution in [0.5, 0.6) is 0 Å². The van der Waals surface area contributed by atoms with E-state index in [4.69, 9.17) is 10.2 Å². The first-order chi connectivity index (χ1) is 13.5. The summed E-state index contributed by atoms with van der Waals surface area (Å²) in [4.78, 5) is 11.9. The highest BCUT2D eigenvalue weighted by Gasteiger charge is 2.26. The van der Waals surface area contributed by atoms with Crippen LogP contribution >= 0.6 is 0 Å². The highest BCUT2D eigenvalue weighted by Crippen LogP contribution is 2.11. The molecule has 0 fully saturated rings. The number of amides is 1. The molecular formula is C22H43NO5. The predicted molar refractivity (Wildman–Crippen MR) is 113 cm³/mol. The Labute approximate surface area is 171 Å². The second kappa shape index (κ2) is 19.2. The lowest BCUT2D eigenvalue weighted by atomic mass is 10.1. The number of hydrogen-bond donors (Lipinski definition) is 4. The molecule has 0 spiro atoms. The summed E-state index contributed by atoms with van der Waals surface area (Å²) in [7, 11) is 0. The molecule has 0 bridgehead atoms. The van der Waals surface area contributed by atoms with Crippen LogP contribution in [0.2, 0.25) is 0 Å². The minimum absolute atomic E-state index is 0.161. The van der Waals surface area contributed by atoms with Gasteiger partial charge in [0.25, 0.3) is 0 Å². The average molecular weight is 402 g/mol. The molecule has 0 aromatic rings. The second-order valence-electron chi connectivity index (χ2n) is 7.58. The SMILES string of the molecule is CCCCCCCCC=CCCCCCCCCN(C(=O)O)C(O)C(O)CO. The van der Waals surface area contributed by atoms with Crippen molar-refractivity contribution in [1.82, 2.24) is 4.90 Å². The third-order valence-electron chi connectivity index (χ3n) is 5.01. The van der Waals surface area contributed by atoms with E-state index in [2.05, 4.69) is 19.1 Å². The molecule has 1 amide bonds. The van der Waals surface area contributed by atoms with Crippen molar-refractivity contribution >= 4 is 6.09 Å². The Morgan fingerprint density at radius 1 is 0.821 bits per heavy atom. The molecule has 0 aliphatic heterocycles. The zero-order chi connectivity index (χ0) is 21.0. The minimum Gasteiger partial charge on any atom is -0.465 e. The van der Waals surface area contributed by atoms with Crippen LogP contribution in [0.1, 0.15) is 96.8 Å². The van der Waals surface area contributed by atoms with Gasteiger partial charge >= 0.3 is 6.09 Å². The van der Waals surface area contributed by atoms with Crippen LogP contribution in [0.25, 0.3) is 0 Å². The van der Waals surface area contributed by atoms with Gasteiger partial charge in [0.1, 0.15) is 6.10 Å². The maximum Gasteiger partial charge on any atom is 0.409 e. The first kappa shape index (κ1) is 26.9. The summed E-state index contributed by atoms with van der Waals surface area (Å²) in [5, 5.41) is 37.0. The van der Waals surface area contributed by atoms with Gasteiger partial charge in [-0.05, 0) is 32.1 Å². The summed E-state index contributed by atoms with van der Waals surface area (Å²) >= 11 is 0. The van der Waals surface area contributed by atoms with Gasteiger partial charge in [-0.1, -0.05) is 76.9 Å². The molecule has 166 valence electrons. The zero-order valence-electron chi connectivity index (χ0n) is 17.8. The van der Waals surface area contributed by atoms with E-state index in [-0.39, 0.29) is 6.54 Å². The molecule has 4 N–H and O–H groups in total. The van der Waals surface area contributed by atoms with Gasteiger partial charge in [-0.15, -0.1) is 0 Å². The Bertz CT molecular complexity index is 389. The van der Waals surface area contributed by atoms with Crippen LogP contribution in [0.4, 0.5) is 4.79 Å². The van der Waals surface area contributed by atoms with E-state index in [1.165, 1.54) is 57.8 Å². The summed E-state index contributed by atoms with van der Waals surface area (Å²) in [5.41, 5.74) is 0. The fourth-order valence-electron chi connectivity index (χ4n) is 3.17. The first-order valence-corrected chi connectivity index (χ1v) is 11.2. The number of nitrogens with zero attached hydrogens (tertiary/aromatic N) is 1. The Morgan fingerprint density at radius 2 is 1.29 bits per heavy atom. The molecule has 28 heavy (non-hydrogen) atoms. The van der Waals surface area contributed by atoms with Crippen molar-refractivity contribution in [3.8, 4) is 0 Å². The quantitative estimate of drug-likeness (QED) is 0.143. The molecule has 0 aliphatic rings. The van der Waals surface area contributed by atoms with Crippen molar-refractivity contribution in [2.75, 3.05) is 13.2 Å². The lowest BCUT2D eigenvalue weighted by Gasteiger charge is -2.27. The van der Waals surface area contributed by atoms with Gasteiger partial charge in [0, 0.05) is 6.54 Å². The normalized spacial score (nSPS) is 13.7. The Morgan fingerprint density at radius 3 is 1.75 bits per heavy atom. The highest BCUT2D eigenvalue weighted by molar-refractivity contribution is 5.65. The summed E-state index contributed by atoms with van der Waals surface area (Å²) in [5.74, 6) is 0. The standard InChI is InChI=1S/C22H43NO5/c1-2-3-4-5-6-7-8-9-10-11-12-13-14-15-16-17-18-23(22(27)28)21(26)20(25)19-24/h9-10,20-21,24-26H,2-8,11-19H2,1H3,(H,27,28). The van der Waals surface area contributed by atoms with E-state index in [1.54, 1.807) is 0 Å². The number of carboxylic acid groups (broad SMARTS) is 1. The Hall–Kier alpha value is -1.11. The van der Waals surface area contributed by atoms with E-state index in [0.29, 0.717) is 6.42 Å². The van der Waals surface area contributed by atoms with E-state index in [1.807, 2.05) is 0 Å². The molecule has 0 saturated carbocycles. The maximum absolute atomic E-state index is 11.1. The second-order valence-corrected chi connectivity index (χ2v) is 7.58. The molecule has 2 unspecified atom stereocenters. The van der Waals surface area contributed by atoms with Crippen LogP contribution < -0.4 is 0 Å². The van der Waals surface area contributed by atoms with Gasteiger partial charge < -0.3 is 20.4 Å². The largest absolute Gasteiger partial charge is 0.465 e. The van der Waals surface area contributed by atoms with Crippen LogP contribution in [0, 0.1) is 0 Å². The molecule has 0 radical (unpaired) electrons. The summed E-state index contributed by atoms with van der Waals surface area (Å²) in [6.07, 6.45) is 16.7. The molecule has 0 heterocycles. The molecule has 6 nitrogen and oxygen atoms in total. The molecule has 0 saturated heterocycles. The van der Waals surface area contributed by atoms with Gasteiger partial charge in [-0.3, -0.25) is 4.90 Å². The van der Waals surface area contributed by atoms with Gasteiger partial charge in [0.2, 0.25) is 0 Å². The third-order valence-corrected chi connectivity index (χ3v) is 5.01. The molecule has 0 aromatic carbocycles. The average Bonchev–Trinajstić information content (AvgIpc) is 2.69. The monoisotopic (exact) mass is 401 g/mol. The summed E-state index contributed by atoms with van der Waals surface area (Å²) in [6, 6.07) is 0. The smallest absolute Gasteiger partial charge is 0.409 e. The van der Waals surface area contributed by atoms with Crippen molar-refractivity contribution in [2.45, 2.75) is 109 Å². The lowest BCUT2D eigenvalue weighted by molar-refractivity contribution is -0.0880. The maximum atomic E-state index is 11.1. The fraction of sp³-hybridized carbons (Fsp3) is 0.864. The van der Waals surface area contributed by atoms with Crippen LogP contribution in [0.15, 0.2) is 12.2 Å². The van der Waals surface area contributed by atoms with Crippen molar-refractivity contribution < 1.29 is 25.2 Å². The first-order valence-electron chi connectivity index (χ1n) is 11.2. The summed E-state index contributed by atoms with van der Waals surface area (Å²) in [6.45, 7) is 1.74. The van der Waals surface area contributed by atoms with E-state index in [0.717, 1.165) is 30.6 Å². The summed E-state index contributed by atoms with van der Waals surface area (Å²) < 4.78 is 0.